The molecular formula is C20H20FN5OS. The fraction of sp³-hybridized carbons (Fsp3) is 0.350. The van der Waals surface area contributed by atoms with Gasteiger partial charge in [0.2, 0.25) is 0 Å². The van der Waals surface area contributed by atoms with Gasteiger partial charge in [-0.3, -0.25) is 9.13 Å². The molecule has 0 amide bonds. The molecule has 28 heavy (non-hydrogen) atoms. The molecule has 4 heterocycles. The molecule has 0 aliphatic carbocycles. The standard InChI is InChI=1S/C20H20FN5OS/c1-24-16-3-2-8-22-18(16)26(20(24)27)12-13-6-9-25(10-7-13)19-23-15-5-4-14(21)11-17(15)28-19/h2-5,8,11,13H,6-7,9-10,12H2,1H3. The van der Waals surface area contributed by atoms with Gasteiger partial charge in [0.1, 0.15) is 5.82 Å². The highest BCUT2D eigenvalue weighted by atomic mass is 32.1. The van der Waals surface area contributed by atoms with Gasteiger partial charge in [-0.15, -0.1) is 0 Å². The van der Waals surface area contributed by atoms with Crippen LogP contribution in [0, 0.1) is 11.7 Å². The minimum atomic E-state index is -0.226. The lowest BCUT2D eigenvalue weighted by atomic mass is 9.97. The number of benzene rings is 1. The van der Waals surface area contributed by atoms with E-state index in [2.05, 4.69) is 14.9 Å². The number of hydrogen-bond donors (Lipinski definition) is 0. The van der Waals surface area contributed by atoms with Gasteiger partial charge >= 0.3 is 5.69 Å². The molecular weight excluding hydrogens is 377 g/mol. The maximum Gasteiger partial charge on any atom is 0.330 e. The average Bonchev–Trinajstić information content (AvgIpc) is 3.23. The molecule has 5 rings (SSSR count). The Hall–Kier alpha value is -2.74. The number of hydrogen-bond acceptors (Lipinski definition) is 5. The van der Waals surface area contributed by atoms with Gasteiger partial charge in [0.25, 0.3) is 0 Å². The number of aromatic nitrogens is 4. The first kappa shape index (κ1) is 17.4. The Morgan fingerprint density at radius 1 is 1.25 bits per heavy atom. The summed E-state index contributed by atoms with van der Waals surface area (Å²) in [4.78, 5) is 23.9. The molecule has 0 atom stereocenters. The first-order valence-electron chi connectivity index (χ1n) is 9.41. The predicted molar refractivity (Wildman–Crippen MR) is 109 cm³/mol. The van der Waals surface area contributed by atoms with E-state index in [1.54, 1.807) is 34.5 Å². The van der Waals surface area contributed by atoms with Gasteiger partial charge in [-0.05, 0) is 49.1 Å². The van der Waals surface area contributed by atoms with Crippen LogP contribution >= 0.6 is 11.3 Å². The van der Waals surface area contributed by atoms with Gasteiger partial charge in [0.15, 0.2) is 10.8 Å². The van der Waals surface area contributed by atoms with Crippen LogP contribution in [-0.2, 0) is 13.6 Å². The SMILES string of the molecule is Cn1c(=O)n(CC2CCN(c3nc4ccc(F)cc4s3)CC2)c2ncccc21. The number of thiazole rings is 1. The van der Waals surface area contributed by atoms with Gasteiger partial charge in [0, 0.05) is 32.9 Å². The van der Waals surface area contributed by atoms with Crippen molar-refractivity contribution in [2.24, 2.45) is 13.0 Å². The van der Waals surface area contributed by atoms with Crippen molar-refractivity contribution in [3.8, 4) is 0 Å². The molecule has 6 nitrogen and oxygen atoms in total. The summed E-state index contributed by atoms with van der Waals surface area (Å²) in [5, 5.41) is 0.947. The van der Waals surface area contributed by atoms with Crippen LogP contribution in [0.3, 0.4) is 0 Å². The fourth-order valence-electron chi connectivity index (χ4n) is 3.98. The van der Waals surface area contributed by atoms with E-state index in [-0.39, 0.29) is 11.5 Å². The highest BCUT2D eigenvalue weighted by Gasteiger charge is 2.24. The molecule has 1 aliphatic rings. The third-order valence-electron chi connectivity index (χ3n) is 5.57. The Labute approximate surface area is 164 Å². The van der Waals surface area contributed by atoms with Crippen molar-refractivity contribution in [1.82, 2.24) is 19.1 Å². The normalized spacial score (nSPS) is 15.7. The predicted octanol–water partition coefficient (Wildman–Crippen LogP) is 3.40. The van der Waals surface area contributed by atoms with Crippen molar-refractivity contribution in [1.29, 1.82) is 0 Å². The fourth-order valence-corrected chi connectivity index (χ4v) is 5.03. The second-order valence-corrected chi connectivity index (χ2v) is 8.35. The smallest absolute Gasteiger partial charge is 0.330 e. The molecule has 0 bridgehead atoms. The molecule has 1 saturated heterocycles. The molecule has 0 saturated carbocycles. The van der Waals surface area contributed by atoms with Crippen molar-refractivity contribution in [2.75, 3.05) is 18.0 Å². The second-order valence-electron chi connectivity index (χ2n) is 7.34. The topological polar surface area (TPSA) is 56.0 Å². The van der Waals surface area contributed by atoms with Crippen LogP contribution in [0.15, 0.2) is 41.3 Å². The van der Waals surface area contributed by atoms with Gasteiger partial charge in [0.05, 0.1) is 15.7 Å². The monoisotopic (exact) mass is 397 g/mol. The number of pyridine rings is 1. The Kier molecular flexibility index (Phi) is 4.16. The lowest BCUT2D eigenvalue weighted by Crippen LogP contribution is -2.36. The van der Waals surface area contributed by atoms with E-state index in [1.165, 1.54) is 17.4 Å². The largest absolute Gasteiger partial charge is 0.348 e. The molecule has 0 radical (unpaired) electrons. The first-order valence-corrected chi connectivity index (χ1v) is 10.2. The lowest BCUT2D eigenvalue weighted by Gasteiger charge is -2.31. The van der Waals surface area contributed by atoms with Crippen molar-refractivity contribution in [3.63, 3.8) is 0 Å². The van der Waals surface area contributed by atoms with Crippen LogP contribution in [0.25, 0.3) is 21.4 Å². The number of halogens is 1. The Bertz CT molecular complexity index is 1220. The molecule has 3 aromatic heterocycles. The van der Waals surface area contributed by atoms with E-state index in [4.69, 9.17) is 0 Å². The Balaban J connectivity index is 1.32. The number of fused-ring (bicyclic) bond motifs is 2. The van der Waals surface area contributed by atoms with Gasteiger partial charge < -0.3 is 4.90 Å². The van der Waals surface area contributed by atoms with Crippen molar-refractivity contribution < 1.29 is 4.39 Å². The minimum absolute atomic E-state index is 0.00988. The molecule has 0 unspecified atom stereocenters. The van der Waals surface area contributed by atoms with E-state index in [9.17, 15) is 9.18 Å². The van der Waals surface area contributed by atoms with Crippen LogP contribution in [0.5, 0.6) is 0 Å². The number of nitrogens with zero attached hydrogens (tertiary/aromatic N) is 5. The van der Waals surface area contributed by atoms with E-state index in [0.29, 0.717) is 12.5 Å². The summed E-state index contributed by atoms with van der Waals surface area (Å²) < 4.78 is 17.8. The number of rotatable bonds is 3. The van der Waals surface area contributed by atoms with Crippen LogP contribution in [0.2, 0.25) is 0 Å². The highest BCUT2D eigenvalue weighted by Crippen LogP contribution is 2.32. The zero-order valence-electron chi connectivity index (χ0n) is 15.5. The average molecular weight is 397 g/mol. The Morgan fingerprint density at radius 3 is 2.89 bits per heavy atom. The molecule has 1 fully saturated rings. The highest BCUT2D eigenvalue weighted by molar-refractivity contribution is 7.22. The zero-order valence-corrected chi connectivity index (χ0v) is 16.3. The molecule has 0 spiro atoms. The molecule has 1 aromatic carbocycles. The number of piperidine rings is 1. The summed E-state index contributed by atoms with van der Waals surface area (Å²) in [6.07, 6.45) is 3.71. The summed E-state index contributed by atoms with van der Waals surface area (Å²) in [5.41, 5.74) is 2.46. The third kappa shape index (κ3) is 2.88. The van der Waals surface area contributed by atoms with Crippen molar-refractivity contribution >= 4 is 37.8 Å². The van der Waals surface area contributed by atoms with Gasteiger partial charge in [-0.1, -0.05) is 11.3 Å². The van der Waals surface area contributed by atoms with Crippen LogP contribution in [-0.4, -0.2) is 32.2 Å². The molecule has 1 aliphatic heterocycles. The molecule has 144 valence electrons. The van der Waals surface area contributed by atoms with E-state index >= 15 is 0 Å². The molecule has 4 aromatic rings. The van der Waals surface area contributed by atoms with Gasteiger partial charge in [-0.2, -0.15) is 0 Å². The lowest BCUT2D eigenvalue weighted by molar-refractivity contribution is 0.355. The Morgan fingerprint density at radius 2 is 2.07 bits per heavy atom. The van der Waals surface area contributed by atoms with Crippen molar-refractivity contribution in [3.05, 3.63) is 52.8 Å². The summed E-state index contributed by atoms with van der Waals surface area (Å²) in [6.45, 7) is 2.46. The van der Waals surface area contributed by atoms with E-state index < -0.39 is 0 Å². The maximum atomic E-state index is 13.4. The summed E-state index contributed by atoms with van der Waals surface area (Å²) in [5.74, 6) is 0.198. The van der Waals surface area contributed by atoms with Gasteiger partial charge in [-0.25, -0.2) is 19.2 Å². The van der Waals surface area contributed by atoms with Crippen molar-refractivity contribution in [2.45, 2.75) is 19.4 Å². The summed E-state index contributed by atoms with van der Waals surface area (Å²) in [6, 6.07) is 8.52. The molecule has 0 N–H and O–H groups in total. The third-order valence-corrected chi connectivity index (χ3v) is 6.64. The number of anilines is 1. The quantitative estimate of drug-likeness (QED) is 0.532. The number of imidazole rings is 1. The summed E-state index contributed by atoms with van der Waals surface area (Å²) in [7, 11) is 1.79. The van der Waals surface area contributed by atoms with Crippen LogP contribution in [0.4, 0.5) is 9.52 Å². The first-order chi connectivity index (χ1) is 13.6. The number of aryl methyl sites for hydroxylation is 1. The zero-order chi connectivity index (χ0) is 19.3. The van der Waals surface area contributed by atoms with Crippen LogP contribution in [0.1, 0.15) is 12.8 Å². The van der Waals surface area contributed by atoms with Crippen LogP contribution < -0.4 is 10.6 Å². The van der Waals surface area contributed by atoms with E-state index in [0.717, 1.165) is 52.4 Å². The minimum Gasteiger partial charge on any atom is -0.348 e. The molecule has 8 heteroatoms. The summed E-state index contributed by atoms with van der Waals surface area (Å²) >= 11 is 1.54. The second kappa shape index (κ2) is 6.70. The van der Waals surface area contributed by atoms with E-state index in [1.807, 2.05) is 12.1 Å². The maximum absolute atomic E-state index is 13.4.